The number of hydrogen-bond acceptors (Lipinski definition) is 5. The van der Waals surface area contributed by atoms with E-state index in [0.29, 0.717) is 19.4 Å². The van der Waals surface area contributed by atoms with Crippen LogP contribution in [-0.4, -0.2) is 62.4 Å². The number of primary amides is 1. The average Bonchev–Trinajstić information content (AvgIpc) is 2.29. The van der Waals surface area contributed by atoms with Gasteiger partial charge < -0.3 is 11.1 Å². The van der Waals surface area contributed by atoms with Crippen LogP contribution in [0.5, 0.6) is 0 Å². The van der Waals surface area contributed by atoms with Gasteiger partial charge in [0.05, 0.1) is 11.5 Å². The number of sulfone groups is 1. The van der Waals surface area contributed by atoms with Gasteiger partial charge in [0.2, 0.25) is 5.91 Å². The third-order valence-corrected chi connectivity index (χ3v) is 5.32. The second-order valence-electron chi connectivity index (χ2n) is 4.74. The Bertz CT molecular complexity index is 382. The monoisotopic (exact) mass is 261 g/mol. The molecule has 7 heteroatoms. The number of nitrogens with one attached hydrogen (secondary N) is 1. The minimum atomic E-state index is -2.85. The van der Waals surface area contributed by atoms with Crippen molar-refractivity contribution < 1.29 is 13.2 Å². The van der Waals surface area contributed by atoms with Gasteiger partial charge in [-0.25, -0.2) is 8.42 Å². The molecule has 2 aliphatic rings. The smallest absolute Gasteiger partial charge is 0.236 e. The Hall–Kier alpha value is -0.660. The standard InChI is InChI=1S/C10H19N3O3S/c11-10(14)9-7-12-3-4-13(9)8-1-5-17(15,16)6-2-8/h8-9,12H,1-7H2,(H2,11,14). The van der Waals surface area contributed by atoms with Crippen molar-refractivity contribution in [3.63, 3.8) is 0 Å². The van der Waals surface area contributed by atoms with Gasteiger partial charge >= 0.3 is 0 Å². The van der Waals surface area contributed by atoms with Gasteiger partial charge in [0.15, 0.2) is 0 Å². The van der Waals surface area contributed by atoms with Gasteiger partial charge in [-0.2, -0.15) is 0 Å². The molecule has 0 aliphatic carbocycles. The SMILES string of the molecule is NC(=O)C1CNCCN1C1CCS(=O)(=O)CC1. The largest absolute Gasteiger partial charge is 0.368 e. The van der Waals surface area contributed by atoms with Gasteiger partial charge in [0.25, 0.3) is 0 Å². The Morgan fingerprint density at radius 3 is 2.53 bits per heavy atom. The number of piperazine rings is 1. The quantitative estimate of drug-likeness (QED) is 0.619. The van der Waals surface area contributed by atoms with Crippen LogP contribution in [0.4, 0.5) is 0 Å². The van der Waals surface area contributed by atoms with Gasteiger partial charge in [0.1, 0.15) is 15.9 Å². The van der Waals surface area contributed by atoms with Crippen LogP contribution in [0.2, 0.25) is 0 Å². The minimum absolute atomic E-state index is 0.179. The van der Waals surface area contributed by atoms with Crippen LogP contribution in [0.1, 0.15) is 12.8 Å². The molecule has 2 aliphatic heterocycles. The van der Waals surface area contributed by atoms with Crippen LogP contribution in [0, 0.1) is 0 Å². The summed E-state index contributed by atoms with van der Waals surface area (Å²) in [5.41, 5.74) is 5.38. The summed E-state index contributed by atoms with van der Waals surface area (Å²) in [7, 11) is -2.85. The Balaban J connectivity index is 2.03. The molecule has 0 aromatic rings. The van der Waals surface area contributed by atoms with E-state index in [9.17, 15) is 13.2 Å². The fourth-order valence-electron chi connectivity index (χ4n) is 2.63. The van der Waals surface area contributed by atoms with E-state index >= 15 is 0 Å². The second-order valence-corrected chi connectivity index (χ2v) is 7.05. The fraction of sp³-hybridized carbons (Fsp3) is 0.900. The summed E-state index contributed by atoms with van der Waals surface area (Å²) >= 11 is 0. The molecule has 3 N–H and O–H groups in total. The van der Waals surface area contributed by atoms with Crippen molar-refractivity contribution >= 4 is 15.7 Å². The lowest BCUT2D eigenvalue weighted by molar-refractivity contribution is -0.125. The molecule has 0 radical (unpaired) electrons. The second kappa shape index (κ2) is 4.91. The molecule has 17 heavy (non-hydrogen) atoms. The summed E-state index contributed by atoms with van der Waals surface area (Å²) < 4.78 is 22.7. The molecule has 1 amide bonds. The first kappa shape index (κ1) is 12.8. The lowest BCUT2D eigenvalue weighted by Crippen LogP contribution is -2.60. The van der Waals surface area contributed by atoms with Gasteiger partial charge in [0, 0.05) is 25.7 Å². The molecule has 1 unspecified atom stereocenters. The predicted octanol–water partition coefficient (Wildman–Crippen LogP) is -1.68. The molecule has 1 atom stereocenters. The zero-order valence-corrected chi connectivity index (χ0v) is 10.6. The third kappa shape index (κ3) is 2.97. The van der Waals surface area contributed by atoms with E-state index in [1.54, 1.807) is 0 Å². The van der Waals surface area contributed by atoms with E-state index in [0.717, 1.165) is 13.1 Å². The van der Waals surface area contributed by atoms with E-state index in [2.05, 4.69) is 10.2 Å². The molecule has 0 spiro atoms. The van der Waals surface area contributed by atoms with Crippen LogP contribution >= 0.6 is 0 Å². The van der Waals surface area contributed by atoms with Crippen molar-refractivity contribution in [2.75, 3.05) is 31.1 Å². The number of nitrogens with zero attached hydrogens (tertiary/aromatic N) is 1. The van der Waals surface area contributed by atoms with Gasteiger partial charge in [-0.3, -0.25) is 9.69 Å². The molecule has 6 nitrogen and oxygen atoms in total. The number of carbonyl (C=O) groups is 1. The maximum Gasteiger partial charge on any atom is 0.236 e. The van der Waals surface area contributed by atoms with Crippen molar-refractivity contribution in [3.8, 4) is 0 Å². The lowest BCUT2D eigenvalue weighted by atomic mass is 10.0. The molecule has 0 aromatic carbocycles. The highest BCUT2D eigenvalue weighted by Gasteiger charge is 2.35. The summed E-state index contributed by atoms with van der Waals surface area (Å²) in [6.45, 7) is 2.16. The Morgan fingerprint density at radius 1 is 1.29 bits per heavy atom. The van der Waals surface area contributed by atoms with Crippen molar-refractivity contribution in [2.45, 2.75) is 24.9 Å². The molecule has 2 rings (SSSR count). The molecular formula is C10H19N3O3S. The lowest BCUT2D eigenvalue weighted by Gasteiger charge is -2.41. The Labute approximate surface area is 101 Å². The molecule has 98 valence electrons. The zero-order valence-electron chi connectivity index (χ0n) is 9.76. The third-order valence-electron chi connectivity index (χ3n) is 3.61. The highest BCUT2D eigenvalue weighted by atomic mass is 32.2. The number of amides is 1. The number of carbonyl (C=O) groups excluding carboxylic acids is 1. The number of rotatable bonds is 2. The van der Waals surface area contributed by atoms with Gasteiger partial charge in [-0.15, -0.1) is 0 Å². The summed E-state index contributed by atoms with van der Waals surface area (Å²) in [6.07, 6.45) is 1.23. The van der Waals surface area contributed by atoms with Crippen molar-refractivity contribution in [2.24, 2.45) is 5.73 Å². The summed E-state index contributed by atoms with van der Waals surface area (Å²) in [5.74, 6) is 0.130. The number of nitrogens with two attached hydrogens (primary N) is 1. The summed E-state index contributed by atoms with van der Waals surface area (Å²) in [6, 6.07) is -0.118. The normalized spacial score (nSPS) is 31.2. The van der Waals surface area contributed by atoms with E-state index in [1.807, 2.05) is 0 Å². The molecule has 0 saturated carbocycles. The van der Waals surface area contributed by atoms with Gasteiger partial charge in [-0.1, -0.05) is 0 Å². The molecule has 0 bridgehead atoms. The molecule has 2 heterocycles. The molecule has 2 saturated heterocycles. The van der Waals surface area contributed by atoms with E-state index < -0.39 is 9.84 Å². The topological polar surface area (TPSA) is 92.5 Å². The summed E-state index contributed by atoms with van der Waals surface area (Å²) in [4.78, 5) is 13.4. The van der Waals surface area contributed by atoms with Crippen molar-refractivity contribution in [1.29, 1.82) is 0 Å². The predicted molar refractivity (Wildman–Crippen MR) is 64.2 cm³/mol. The van der Waals surface area contributed by atoms with Crippen molar-refractivity contribution in [3.05, 3.63) is 0 Å². The first-order valence-corrected chi connectivity index (χ1v) is 7.78. The average molecular weight is 261 g/mol. The maximum atomic E-state index is 11.4. The Kier molecular flexibility index (Phi) is 3.70. The van der Waals surface area contributed by atoms with Crippen LogP contribution in [-0.2, 0) is 14.6 Å². The highest BCUT2D eigenvalue weighted by Crippen LogP contribution is 2.21. The van der Waals surface area contributed by atoms with Crippen LogP contribution in [0.25, 0.3) is 0 Å². The first-order chi connectivity index (χ1) is 7.99. The van der Waals surface area contributed by atoms with Crippen molar-refractivity contribution in [1.82, 2.24) is 10.2 Å². The van der Waals surface area contributed by atoms with E-state index in [-0.39, 0.29) is 29.5 Å². The van der Waals surface area contributed by atoms with Crippen LogP contribution in [0.15, 0.2) is 0 Å². The first-order valence-electron chi connectivity index (χ1n) is 5.96. The molecule has 0 aromatic heterocycles. The minimum Gasteiger partial charge on any atom is -0.368 e. The highest BCUT2D eigenvalue weighted by molar-refractivity contribution is 7.91. The molecule has 2 fully saturated rings. The van der Waals surface area contributed by atoms with Gasteiger partial charge in [-0.05, 0) is 12.8 Å². The maximum absolute atomic E-state index is 11.4. The number of hydrogen-bond donors (Lipinski definition) is 2. The van der Waals surface area contributed by atoms with Crippen LogP contribution < -0.4 is 11.1 Å². The summed E-state index contributed by atoms with van der Waals surface area (Å²) in [5, 5.41) is 3.14. The van der Waals surface area contributed by atoms with E-state index in [4.69, 9.17) is 5.73 Å². The molecular weight excluding hydrogens is 242 g/mol. The van der Waals surface area contributed by atoms with Crippen LogP contribution in [0.3, 0.4) is 0 Å². The fourth-order valence-corrected chi connectivity index (χ4v) is 4.10. The zero-order chi connectivity index (χ0) is 12.5. The van der Waals surface area contributed by atoms with E-state index in [1.165, 1.54) is 0 Å². The Morgan fingerprint density at radius 2 is 1.94 bits per heavy atom.